The molecule has 1 aromatic carbocycles. The summed E-state index contributed by atoms with van der Waals surface area (Å²) in [4.78, 5) is 17.0. The molecule has 0 radical (unpaired) electrons. The van der Waals surface area contributed by atoms with Crippen molar-refractivity contribution in [1.82, 2.24) is 15.3 Å². The molecule has 0 saturated heterocycles. The molecule has 1 atom stereocenters. The van der Waals surface area contributed by atoms with Gasteiger partial charge in [-0.05, 0) is 42.5 Å². The van der Waals surface area contributed by atoms with Crippen LogP contribution in [-0.2, 0) is 0 Å². The Bertz CT molecular complexity index is 624. The van der Waals surface area contributed by atoms with Crippen molar-refractivity contribution in [3.05, 3.63) is 34.2 Å². The summed E-state index contributed by atoms with van der Waals surface area (Å²) in [5.41, 5.74) is 2.99. The molecule has 1 aromatic heterocycles. The fourth-order valence-corrected chi connectivity index (χ4v) is 2.57. The van der Waals surface area contributed by atoms with E-state index in [2.05, 4.69) is 55.1 Å². The second-order valence-corrected chi connectivity index (χ2v) is 6.11. The lowest BCUT2D eigenvalue weighted by Gasteiger charge is -2.35. The highest BCUT2D eigenvalue weighted by Crippen LogP contribution is 2.36. The number of aromatic nitrogens is 2. The number of H-pyrrole nitrogens is 2. The molecule has 4 heteroatoms. The predicted octanol–water partition coefficient (Wildman–Crippen LogP) is 3.33. The Hall–Kier alpha value is -1.55. The number of hydrogen-bond donors (Lipinski definition) is 3. The molecular weight excluding hydrogens is 250 g/mol. The Morgan fingerprint density at radius 1 is 1.20 bits per heavy atom. The van der Waals surface area contributed by atoms with E-state index in [1.54, 1.807) is 0 Å². The number of aromatic amines is 2. The first-order valence-corrected chi connectivity index (χ1v) is 7.43. The minimum atomic E-state index is -0.148. The molecule has 3 N–H and O–H groups in total. The zero-order chi connectivity index (χ0) is 14.8. The maximum absolute atomic E-state index is 11.4. The predicted molar refractivity (Wildman–Crippen MR) is 84.0 cm³/mol. The number of benzene rings is 1. The Labute approximate surface area is 120 Å². The lowest BCUT2D eigenvalue weighted by molar-refractivity contribution is 0.235. The molecular formula is C16H25N3O. The van der Waals surface area contributed by atoms with Gasteiger partial charge in [0.15, 0.2) is 0 Å². The van der Waals surface area contributed by atoms with Crippen molar-refractivity contribution in [2.75, 3.05) is 6.54 Å². The number of imidazole rings is 1. The second-order valence-electron chi connectivity index (χ2n) is 6.11. The van der Waals surface area contributed by atoms with E-state index in [-0.39, 0.29) is 17.1 Å². The van der Waals surface area contributed by atoms with Crippen molar-refractivity contribution < 1.29 is 0 Å². The molecule has 0 fully saturated rings. The Morgan fingerprint density at radius 2 is 1.90 bits per heavy atom. The van der Waals surface area contributed by atoms with Crippen LogP contribution in [-0.4, -0.2) is 16.5 Å². The number of nitrogens with one attached hydrogen (secondary N) is 3. The molecule has 0 aliphatic carbocycles. The van der Waals surface area contributed by atoms with Crippen LogP contribution in [0.1, 0.15) is 52.1 Å². The van der Waals surface area contributed by atoms with E-state index in [1.165, 1.54) is 5.56 Å². The van der Waals surface area contributed by atoms with Crippen LogP contribution >= 0.6 is 0 Å². The zero-order valence-electron chi connectivity index (χ0n) is 12.8. The molecule has 1 unspecified atom stereocenters. The SMILES string of the molecule is CCCNC(c1ccc2[nH]c(=O)[nH]c2c1)C(C)(C)CC. The summed E-state index contributed by atoms with van der Waals surface area (Å²) in [6.07, 6.45) is 2.20. The van der Waals surface area contributed by atoms with Crippen molar-refractivity contribution >= 4 is 11.0 Å². The Balaban J connectivity index is 2.41. The van der Waals surface area contributed by atoms with E-state index >= 15 is 0 Å². The van der Waals surface area contributed by atoms with Crippen LogP contribution in [0.2, 0.25) is 0 Å². The van der Waals surface area contributed by atoms with Crippen LogP contribution in [0.15, 0.2) is 23.0 Å². The summed E-state index contributed by atoms with van der Waals surface area (Å²) in [5.74, 6) is 0. The lowest BCUT2D eigenvalue weighted by Crippen LogP contribution is -2.34. The van der Waals surface area contributed by atoms with Crippen LogP contribution in [0.3, 0.4) is 0 Å². The summed E-state index contributed by atoms with van der Waals surface area (Å²) >= 11 is 0. The van der Waals surface area contributed by atoms with Gasteiger partial charge >= 0.3 is 5.69 Å². The van der Waals surface area contributed by atoms with Gasteiger partial charge in [0, 0.05) is 6.04 Å². The topological polar surface area (TPSA) is 60.7 Å². The monoisotopic (exact) mass is 275 g/mol. The van der Waals surface area contributed by atoms with Gasteiger partial charge in [-0.3, -0.25) is 0 Å². The van der Waals surface area contributed by atoms with Crippen molar-refractivity contribution in [3.63, 3.8) is 0 Å². The Morgan fingerprint density at radius 3 is 2.55 bits per heavy atom. The summed E-state index contributed by atoms with van der Waals surface area (Å²) in [7, 11) is 0. The molecule has 0 aliphatic heterocycles. The van der Waals surface area contributed by atoms with Crippen molar-refractivity contribution in [3.8, 4) is 0 Å². The van der Waals surface area contributed by atoms with E-state index in [9.17, 15) is 4.79 Å². The van der Waals surface area contributed by atoms with Gasteiger partial charge in [0.05, 0.1) is 11.0 Å². The van der Waals surface area contributed by atoms with E-state index in [0.717, 1.165) is 30.4 Å². The van der Waals surface area contributed by atoms with Gasteiger partial charge in [-0.2, -0.15) is 0 Å². The van der Waals surface area contributed by atoms with Crippen LogP contribution in [0.25, 0.3) is 11.0 Å². The van der Waals surface area contributed by atoms with Gasteiger partial charge in [0.2, 0.25) is 0 Å². The number of fused-ring (bicyclic) bond motifs is 1. The highest BCUT2D eigenvalue weighted by Gasteiger charge is 2.28. The molecule has 110 valence electrons. The average molecular weight is 275 g/mol. The highest BCUT2D eigenvalue weighted by molar-refractivity contribution is 5.75. The minimum Gasteiger partial charge on any atom is -0.309 e. The third-order valence-corrected chi connectivity index (χ3v) is 4.16. The fourth-order valence-electron chi connectivity index (χ4n) is 2.57. The first kappa shape index (κ1) is 14.9. The standard InChI is InChI=1S/C16H25N3O/c1-5-9-17-14(16(3,4)6-2)11-7-8-12-13(10-11)19-15(20)18-12/h7-8,10,14,17H,5-6,9H2,1-4H3,(H2,18,19,20). The molecule has 2 aromatic rings. The molecule has 0 aliphatic rings. The molecule has 0 amide bonds. The largest absolute Gasteiger partial charge is 0.323 e. The second kappa shape index (κ2) is 5.83. The Kier molecular flexibility index (Phi) is 4.33. The van der Waals surface area contributed by atoms with Crippen LogP contribution in [0.5, 0.6) is 0 Å². The molecule has 0 bridgehead atoms. The quantitative estimate of drug-likeness (QED) is 0.757. The third-order valence-electron chi connectivity index (χ3n) is 4.16. The van der Waals surface area contributed by atoms with Gasteiger partial charge in [-0.15, -0.1) is 0 Å². The summed E-state index contributed by atoms with van der Waals surface area (Å²) in [5, 5.41) is 3.65. The molecule has 1 heterocycles. The van der Waals surface area contributed by atoms with Gasteiger partial charge in [-0.25, -0.2) is 4.79 Å². The van der Waals surface area contributed by atoms with E-state index in [1.807, 2.05) is 6.07 Å². The smallest absolute Gasteiger partial charge is 0.309 e. The molecule has 2 rings (SSSR count). The zero-order valence-corrected chi connectivity index (χ0v) is 12.8. The lowest BCUT2D eigenvalue weighted by atomic mass is 9.78. The minimum absolute atomic E-state index is 0.148. The maximum atomic E-state index is 11.4. The molecule has 20 heavy (non-hydrogen) atoms. The first-order chi connectivity index (χ1) is 9.47. The van der Waals surface area contributed by atoms with Gasteiger partial charge in [-0.1, -0.05) is 33.8 Å². The van der Waals surface area contributed by atoms with Crippen LogP contribution in [0, 0.1) is 5.41 Å². The number of rotatable bonds is 6. The van der Waals surface area contributed by atoms with Crippen molar-refractivity contribution in [1.29, 1.82) is 0 Å². The van der Waals surface area contributed by atoms with Gasteiger partial charge in [0.1, 0.15) is 0 Å². The average Bonchev–Trinajstić information content (AvgIpc) is 2.78. The highest BCUT2D eigenvalue weighted by atomic mass is 16.1. The maximum Gasteiger partial charge on any atom is 0.323 e. The van der Waals surface area contributed by atoms with E-state index in [0.29, 0.717) is 0 Å². The first-order valence-electron chi connectivity index (χ1n) is 7.43. The summed E-state index contributed by atoms with van der Waals surface area (Å²) in [6.45, 7) is 9.96. The van der Waals surface area contributed by atoms with E-state index < -0.39 is 0 Å². The summed E-state index contributed by atoms with van der Waals surface area (Å²) in [6, 6.07) is 6.46. The third kappa shape index (κ3) is 2.96. The summed E-state index contributed by atoms with van der Waals surface area (Å²) < 4.78 is 0. The fraction of sp³-hybridized carbons (Fsp3) is 0.562. The molecule has 0 saturated carbocycles. The van der Waals surface area contributed by atoms with E-state index in [4.69, 9.17) is 0 Å². The van der Waals surface area contributed by atoms with Gasteiger partial charge in [0.25, 0.3) is 0 Å². The van der Waals surface area contributed by atoms with Gasteiger partial charge < -0.3 is 15.3 Å². The van der Waals surface area contributed by atoms with Crippen LogP contribution in [0.4, 0.5) is 0 Å². The normalized spacial score (nSPS) is 13.8. The number of hydrogen-bond acceptors (Lipinski definition) is 2. The van der Waals surface area contributed by atoms with Crippen molar-refractivity contribution in [2.24, 2.45) is 5.41 Å². The molecule has 4 nitrogen and oxygen atoms in total. The van der Waals surface area contributed by atoms with Crippen LogP contribution < -0.4 is 11.0 Å². The van der Waals surface area contributed by atoms with Crippen molar-refractivity contribution in [2.45, 2.75) is 46.6 Å². The molecule has 0 spiro atoms.